The summed E-state index contributed by atoms with van der Waals surface area (Å²) in [6.45, 7) is 3.50. The third-order valence-corrected chi connectivity index (χ3v) is 8.40. The van der Waals surface area contributed by atoms with E-state index < -0.39 is 47.9 Å². The minimum absolute atomic E-state index is 0.0121. The van der Waals surface area contributed by atoms with E-state index in [4.69, 9.17) is 14.8 Å². The van der Waals surface area contributed by atoms with E-state index in [1.165, 1.54) is 0 Å². The summed E-state index contributed by atoms with van der Waals surface area (Å²) in [7, 11) is 0. The highest BCUT2D eigenvalue weighted by Crippen LogP contribution is 2.38. The fourth-order valence-electron chi connectivity index (χ4n) is 6.07. The van der Waals surface area contributed by atoms with Gasteiger partial charge in [0.05, 0.1) is 11.7 Å². The van der Waals surface area contributed by atoms with Crippen LogP contribution in [0.2, 0.25) is 0 Å². The van der Waals surface area contributed by atoms with Crippen LogP contribution in [-0.4, -0.2) is 83.3 Å². The van der Waals surface area contributed by atoms with Gasteiger partial charge in [-0.05, 0) is 49.4 Å². The summed E-state index contributed by atoms with van der Waals surface area (Å²) in [5.74, 6) is -1.44. The summed E-state index contributed by atoms with van der Waals surface area (Å²) >= 11 is 0. The summed E-state index contributed by atoms with van der Waals surface area (Å²) in [4.78, 5) is 31.7. The van der Waals surface area contributed by atoms with E-state index in [0.717, 1.165) is 23.8 Å². The molecule has 4 N–H and O–H groups in total. The summed E-state index contributed by atoms with van der Waals surface area (Å²) in [5, 5.41) is 17.3. The Labute approximate surface area is 260 Å². The Kier molecular flexibility index (Phi) is 10.6. The average Bonchev–Trinajstić information content (AvgIpc) is 3.63. The number of carbonyl (C=O) groups excluding carboxylic acids is 1. The molecule has 2 aliphatic rings. The first-order chi connectivity index (χ1) is 21.7. The molecule has 1 aromatic heterocycles. The number of hydrogen-bond acceptors (Lipinski definition) is 5. The normalized spacial score (nSPS) is 20.0. The van der Waals surface area contributed by atoms with Crippen LogP contribution < -0.4 is 16.0 Å². The topological polar surface area (TPSA) is 121 Å². The number of ether oxygens (including phenoxy) is 1. The second-order valence-electron chi connectivity index (χ2n) is 11.7. The van der Waals surface area contributed by atoms with Gasteiger partial charge in [-0.2, -0.15) is 0 Å². The molecule has 10 nitrogen and oxygen atoms in total. The Hall–Kier alpha value is -4.10. The zero-order chi connectivity index (χ0) is 31.9. The number of aromatic nitrogens is 2. The summed E-state index contributed by atoms with van der Waals surface area (Å²) in [6.07, 6.45) is 0.452. The van der Waals surface area contributed by atoms with Crippen LogP contribution >= 0.6 is 0 Å². The van der Waals surface area contributed by atoms with Gasteiger partial charge < -0.3 is 35.3 Å². The highest BCUT2D eigenvalue weighted by atomic mass is 19.1. The maximum atomic E-state index is 15.1. The number of hydrogen-bond donors (Lipinski definition) is 4. The Morgan fingerprint density at radius 2 is 1.91 bits per heavy atom. The number of urea groups is 1. The zero-order valence-electron chi connectivity index (χ0n) is 25.1. The van der Waals surface area contributed by atoms with E-state index in [0.29, 0.717) is 45.0 Å². The van der Waals surface area contributed by atoms with Crippen LogP contribution in [0, 0.1) is 23.5 Å². The van der Waals surface area contributed by atoms with E-state index in [9.17, 15) is 14.0 Å². The molecule has 0 spiro atoms. The number of benzene rings is 2. The summed E-state index contributed by atoms with van der Waals surface area (Å²) < 4.78 is 51.9. The van der Waals surface area contributed by atoms with Crippen molar-refractivity contribution in [3.8, 4) is 11.3 Å². The average molecular weight is 629 g/mol. The van der Waals surface area contributed by atoms with Crippen molar-refractivity contribution in [2.45, 2.75) is 44.6 Å². The van der Waals surface area contributed by atoms with Gasteiger partial charge in [0.1, 0.15) is 23.6 Å². The smallest absolute Gasteiger partial charge is 0.404 e. The van der Waals surface area contributed by atoms with Crippen LogP contribution in [0.15, 0.2) is 54.7 Å². The third-order valence-electron chi connectivity index (χ3n) is 8.40. The van der Waals surface area contributed by atoms with Crippen molar-refractivity contribution in [3.05, 3.63) is 77.8 Å². The molecule has 0 aliphatic carbocycles. The predicted molar refractivity (Wildman–Crippen MR) is 161 cm³/mol. The number of rotatable bonds is 11. The highest BCUT2D eigenvalue weighted by Gasteiger charge is 2.40. The van der Waals surface area contributed by atoms with E-state index >= 15 is 8.78 Å². The monoisotopic (exact) mass is 628 g/mol. The molecule has 45 heavy (non-hydrogen) atoms. The maximum Gasteiger partial charge on any atom is 0.404 e. The molecule has 13 heteroatoms. The molecule has 0 bridgehead atoms. The molecular weight excluding hydrogens is 589 g/mol. The summed E-state index contributed by atoms with van der Waals surface area (Å²) in [6, 6.07) is 11.0. The lowest BCUT2D eigenvalue weighted by Gasteiger charge is -2.40. The number of halogens is 3. The van der Waals surface area contributed by atoms with Gasteiger partial charge in [-0.1, -0.05) is 30.3 Å². The molecule has 2 fully saturated rings. The Morgan fingerprint density at radius 1 is 1.16 bits per heavy atom. The predicted octanol–water partition coefficient (Wildman–Crippen LogP) is 4.57. The first-order valence-electron chi connectivity index (χ1n) is 15.2. The molecule has 1 unspecified atom stereocenters. The molecule has 5 rings (SSSR count). The van der Waals surface area contributed by atoms with Gasteiger partial charge in [-0.3, -0.25) is 0 Å². The molecule has 4 atom stereocenters. The van der Waals surface area contributed by atoms with Crippen molar-refractivity contribution in [3.63, 3.8) is 0 Å². The van der Waals surface area contributed by atoms with Gasteiger partial charge in [0.15, 0.2) is 0 Å². The van der Waals surface area contributed by atoms with Gasteiger partial charge >= 0.3 is 12.1 Å². The number of nitrogens with zero attached hydrogens (tertiary/aromatic N) is 3. The summed E-state index contributed by atoms with van der Waals surface area (Å²) in [5.41, 5.74) is 1.13. The lowest BCUT2D eigenvalue weighted by Crippen LogP contribution is -2.52. The van der Waals surface area contributed by atoms with Gasteiger partial charge in [-0.25, -0.2) is 27.7 Å². The molecule has 0 saturated carbocycles. The molecule has 242 valence electrons. The first-order valence-corrected chi connectivity index (χ1v) is 15.2. The van der Waals surface area contributed by atoms with E-state index in [1.807, 2.05) is 34.9 Å². The minimum Gasteiger partial charge on any atom is -0.465 e. The van der Waals surface area contributed by atoms with Crippen molar-refractivity contribution in [1.82, 2.24) is 30.4 Å². The van der Waals surface area contributed by atoms with Crippen LogP contribution in [-0.2, 0) is 11.3 Å². The number of imidazole rings is 1. The Morgan fingerprint density at radius 3 is 2.60 bits per heavy atom. The lowest BCUT2D eigenvalue weighted by molar-refractivity contribution is 0.0255. The van der Waals surface area contributed by atoms with Gasteiger partial charge in [0.25, 0.3) is 0 Å². The van der Waals surface area contributed by atoms with Crippen LogP contribution in [0.25, 0.3) is 11.3 Å². The third kappa shape index (κ3) is 8.14. The number of carboxylic acid groups (broad SMARTS) is 1. The standard InChI is InChI=1S/C32H39F3N6O4/c1-20(14-37-32(43)44)38-31(42)41(18-23-15-36-16-27(23)35)29(22-9-11-45-12-10-22)30-39-28(25-13-24(33)7-8-26(25)34)19-40(30)17-21-5-3-2-4-6-21/h2-8,13,19-20,22-23,27,29,36-37H,9-12,14-18H2,1H3,(H,38,42)(H,43,44)/t20-,23-,27-,29?/m0/s1. The quantitative estimate of drug-likeness (QED) is 0.247. The number of carbonyl (C=O) groups is 2. The number of nitrogens with one attached hydrogen (secondary N) is 3. The lowest BCUT2D eigenvalue weighted by atomic mass is 9.89. The zero-order valence-corrected chi connectivity index (χ0v) is 25.1. The molecular formula is C32H39F3N6O4. The van der Waals surface area contributed by atoms with Gasteiger partial charge in [-0.15, -0.1) is 0 Å². The fraction of sp³-hybridized carbons (Fsp3) is 0.469. The van der Waals surface area contributed by atoms with Crippen LogP contribution in [0.4, 0.5) is 22.8 Å². The van der Waals surface area contributed by atoms with E-state index in [1.54, 1.807) is 18.0 Å². The largest absolute Gasteiger partial charge is 0.465 e. The number of amides is 3. The number of alkyl halides is 1. The van der Waals surface area contributed by atoms with Crippen molar-refractivity contribution >= 4 is 12.1 Å². The molecule has 2 aromatic carbocycles. The fourth-order valence-corrected chi connectivity index (χ4v) is 6.07. The van der Waals surface area contributed by atoms with Crippen LogP contribution in [0.5, 0.6) is 0 Å². The molecule has 0 radical (unpaired) electrons. The molecule has 3 heterocycles. The van der Waals surface area contributed by atoms with Crippen molar-refractivity contribution < 1.29 is 32.6 Å². The maximum absolute atomic E-state index is 15.1. The van der Waals surface area contributed by atoms with Gasteiger partial charge in [0, 0.05) is 69.7 Å². The van der Waals surface area contributed by atoms with Crippen LogP contribution in [0.3, 0.4) is 0 Å². The minimum atomic E-state index is -1.22. The second kappa shape index (κ2) is 14.8. The van der Waals surface area contributed by atoms with Crippen molar-refractivity contribution in [1.29, 1.82) is 0 Å². The second-order valence-corrected chi connectivity index (χ2v) is 11.7. The van der Waals surface area contributed by atoms with Crippen molar-refractivity contribution in [2.75, 3.05) is 39.4 Å². The molecule has 2 aliphatic heterocycles. The van der Waals surface area contributed by atoms with Crippen LogP contribution in [0.1, 0.15) is 37.2 Å². The Balaban J connectivity index is 1.61. The molecule has 3 aromatic rings. The highest BCUT2D eigenvalue weighted by molar-refractivity contribution is 5.75. The van der Waals surface area contributed by atoms with Gasteiger partial charge in [0.2, 0.25) is 0 Å². The molecule has 2 saturated heterocycles. The first kappa shape index (κ1) is 32.3. The van der Waals surface area contributed by atoms with E-state index in [-0.39, 0.29) is 36.8 Å². The molecule has 3 amide bonds. The SMILES string of the molecule is C[C@@H](CNC(=O)O)NC(=O)N(C[C@@H]1CNC[C@@H]1F)C(c1nc(-c2cc(F)ccc2F)cn1Cc1ccccc1)C1CCOCC1. The van der Waals surface area contributed by atoms with E-state index in [2.05, 4.69) is 16.0 Å². The van der Waals surface area contributed by atoms with Crippen molar-refractivity contribution in [2.24, 2.45) is 11.8 Å². The Bertz CT molecular complexity index is 1450.